The van der Waals surface area contributed by atoms with Gasteiger partial charge < -0.3 is 5.11 Å². The van der Waals surface area contributed by atoms with Crippen molar-refractivity contribution in [1.29, 1.82) is 0 Å². The number of aliphatic carboxylic acids is 1. The minimum atomic E-state index is -3.75. The van der Waals surface area contributed by atoms with Gasteiger partial charge in [-0.2, -0.15) is 4.31 Å². The van der Waals surface area contributed by atoms with Crippen LogP contribution in [0.3, 0.4) is 0 Å². The van der Waals surface area contributed by atoms with Crippen molar-refractivity contribution < 1.29 is 23.1 Å². The number of hydrogen-bond acceptors (Lipinski definition) is 4. The van der Waals surface area contributed by atoms with Crippen LogP contribution in [0.5, 0.6) is 0 Å². The fraction of sp³-hybridized carbons (Fsp3) is 0.867. The van der Waals surface area contributed by atoms with Gasteiger partial charge in [-0.15, -0.1) is 0 Å². The lowest BCUT2D eigenvalue weighted by Crippen LogP contribution is -2.49. The van der Waals surface area contributed by atoms with Crippen molar-refractivity contribution in [2.24, 2.45) is 16.7 Å². The standard InChI is InChI=1S/C15H23NO5S/c1-14(2)10-5-6-15(14,12(17)8-10)9-22(20,21)16-7-3-4-11(16)13(18)19/h10-11H,3-9H2,1-2H3,(H,18,19)/t10-,11+,15-/m0/s1. The Morgan fingerprint density at radius 1 is 1.36 bits per heavy atom. The number of Topliss-reactive ketones (excluding diaryl/α,β-unsaturated/α-hetero) is 1. The summed E-state index contributed by atoms with van der Waals surface area (Å²) in [4.78, 5) is 23.8. The third-order valence-electron chi connectivity index (χ3n) is 6.41. The van der Waals surface area contributed by atoms with E-state index in [0.717, 1.165) is 10.7 Å². The summed E-state index contributed by atoms with van der Waals surface area (Å²) < 4.78 is 26.8. The molecule has 1 N–H and O–H groups in total. The van der Waals surface area contributed by atoms with E-state index in [4.69, 9.17) is 0 Å². The lowest BCUT2D eigenvalue weighted by atomic mass is 9.70. The maximum atomic E-state index is 12.8. The number of hydrogen-bond donors (Lipinski definition) is 1. The average molecular weight is 329 g/mol. The number of fused-ring (bicyclic) bond motifs is 2. The van der Waals surface area contributed by atoms with Gasteiger partial charge in [-0.25, -0.2) is 8.42 Å². The molecule has 2 aliphatic carbocycles. The zero-order chi connectivity index (χ0) is 16.3. The SMILES string of the molecule is CC1(C)[C@H]2CC[C@]1(CS(=O)(=O)N1CCC[C@@H]1C(=O)O)C(=O)C2. The normalized spacial score (nSPS) is 37.8. The van der Waals surface area contributed by atoms with Crippen molar-refractivity contribution in [2.75, 3.05) is 12.3 Å². The first-order valence-corrected chi connectivity index (χ1v) is 9.48. The molecule has 1 heterocycles. The predicted molar refractivity (Wildman–Crippen MR) is 79.7 cm³/mol. The third kappa shape index (κ3) is 1.98. The number of carbonyl (C=O) groups is 2. The van der Waals surface area contributed by atoms with E-state index in [1.807, 2.05) is 13.8 Å². The van der Waals surface area contributed by atoms with Gasteiger partial charge in [0.2, 0.25) is 10.0 Å². The third-order valence-corrected chi connectivity index (χ3v) is 8.42. The summed E-state index contributed by atoms with van der Waals surface area (Å²) in [5.74, 6) is -1.03. The van der Waals surface area contributed by atoms with Gasteiger partial charge in [-0.3, -0.25) is 9.59 Å². The van der Waals surface area contributed by atoms with Crippen molar-refractivity contribution in [3.05, 3.63) is 0 Å². The van der Waals surface area contributed by atoms with Crippen LogP contribution >= 0.6 is 0 Å². The highest BCUT2D eigenvalue weighted by atomic mass is 32.2. The van der Waals surface area contributed by atoms with E-state index in [-0.39, 0.29) is 29.4 Å². The van der Waals surface area contributed by atoms with Crippen LogP contribution in [-0.2, 0) is 19.6 Å². The Balaban J connectivity index is 1.92. The first kappa shape index (κ1) is 15.9. The quantitative estimate of drug-likeness (QED) is 0.838. The molecule has 7 heteroatoms. The number of carboxylic acids is 1. The van der Waals surface area contributed by atoms with Crippen LogP contribution in [0.1, 0.15) is 46.0 Å². The smallest absolute Gasteiger partial charge is 0.322 e. The van der Waals surface area contributed by atoms with Crippen LogP contribution in [0.25, 0.3) is 0 Å². The summed E-state index contributed by atoms with van der Waals surface area (Å²) in [6.07, 6.45) is 2.86. The van der Waals surface area contributed by atoms with E-state index in [2.05, 4.69) is 0 Å². The molecule has 2 saturated carbocycles. The van der Waals surface area contributed by atoms with Crippen molar-refractivity contribution in [2.45, 2.75) is 52.0 Å². The molecule has 3 fully saturated rings. The minimum absolute atomic E-state index is 0.0448. The van der Waals surface area contributed by atoms with Crippen LogP contribution in [0.15, 0.2) is 0 Å². The summed E-state index contributed by atoms with van der Waals surface area (Å²) in [6, 6.07) is -0.974. The van der Waals surface area contributed by atoms with E-state index in [1.54, 1.807) is 0 Å². The van der Waals surface area contributed by atoms with E-state index >= 15 is 0 Å². The molecule has 1 aliphatic heterocycles. The molecule has 3 rings (SSSR count). The molecule has 0 spiro atoms. The van der Waals surface area contributed by atoms with Crippen LogP contribution in [0.2, 0.25) is 0 Å². The zero-order valence-electron chi connectivity index (χ0n) is 13.0. The van der Waals surface area contributed by atoms with Crippen molar-refractivity contribution >= 4 is 21.8 Å². The molecule has 3 atom stereocenters. The zero-order valence-corrected chi connectivity index (χ0v) is 13.9. The maximum absolute atomic E-state index is 12.8. The maximum Gasteiger partial charge on any atom is 0.322 e. The number of nitrogens with zero attached hydrogens (tertiary/aromatic N) is 1. The highest BCUT2D eigenvalue weighted by Gasteiger charge is 2.65. The summed E-state index contributed by atoms with van der Waals surface area (Å²) in [5.41, 5.74) is -1.16. The van der Waals surface area contributed by atoms with Gasteiger partial charge in [-0.05, 0) is 37.0 Å². The molecule has 22 heavy (non-hydrogen) atoms. The van der Waals surface area contributed by atoms with Gasteiger partial charge in [0.1, 0.15) is 11.8 Å². The molecule has 2 bridgehead atoms. The van der Waals surface area contributed by atoms with E-state index in [0.29, 0.717) is 25.7 Å². The Morgan fingerprint density at radius 3 is 2.55 bits per heavy atom. The van der Waals surface area contributed by atoms with Gasteiger partial charge in [-0.1, -0.05) is 13.8 Å². The number of carbonyl (C=O) groups excluding carboxylic acids is 1. The Labute approximate surface area is 130 Å². The Bertz CT molecular complexity index is 626. The van der Waals surface area contributed by atoms with Gasteiger partial charge in [0.05, 0.1) is 5.75 Å². The lowest BCUT2D eigenvalue weighted by Gasteiger charge is -2.37. The van der Waals surface area contributed by atoms with Crippen LogP contribution in [0, 0.1) is 16.7 Å². The number of ketones is 1. The summed E-state index contributed by atoms with van der Waals surface area (Å²) >= 11 is 0. The molecule has 3 aliphatic rings. The minimum Gasteiger partial charge on any atom is -0.480 e. The number of sulfonamides is 1. The second kappa shape index (κ2) is 4.77. The first-order valence-electron chi connectivity index (χ1n) is 7.87. The second-order valence-corrected chi connectivity index (χ2v) is 9.45. The van der Waals surface area contributed by atoms with E-state index < -0.39 is 27.4 Å². The fourth-order valence-electron chi connectivity index (χ4n) is 4.82. The molecule has 124 valence electrons. The molecule has 1 saturated heterocycles. The fourth-order valence-corrected chi connectivity index (χ4v) is 7.28. The molecule has 0 aromatic heterocycles. The van der Waals surface area contributed by atoms with Gasteiger partial charge >= 0.3 is 5.97 Å². The Morgan fingerprint density at radius 2 is 2.05 bits per heavy atom. The van der Waals surface area contributed by atoms with Crippen molar-refractivity contribution in [3.63, 3.8) is 0 Å². The van der Waals surface area contributed by atoms with Crippen LogP contribution < -0.4 is 0 Å². The summed E-state index contributed by atoms with van der Waals surface area (Å²) in [7, 11) is -3.75. The Kier molecular flexibility index (Phi) is 3.45. The molecule has 0 aromatic rings. The van der Waals surface area contributed by atoms with Gasteiger partial charge in [0.25, 0.3) is 0 Å². The molecule has 0 unspecified atom stereocenters. The largest absolute Gasteiger partial charge is 0.480 e. The molecule has 6 nitrogen and oxygen atoms in total. The molecule has 0 aromatic carbocycles. The van der Waals surface area contributed by atoms with E-state index in [1.165, 1.54) is 0 Å². The summed E-state index contributed by atoms with van der Waals surface area (Å²) in [5, 5.41) is 9.22. The predicted octanol–water partition coefficient (Wildman–Crippen LogP) is 1.26. The molecule has 0 radical (unpaired) electrons. The number of rotatable bonds is 4. The van der Waals surface area contributed by atoms with Gasteiger partial charge in [0.15, 0.2) is 0 Å². The average Bonchev–Trinajstić information content (AvgIpc) is 3.02. The van der Waals surface area contributed by atoms with Crippen LogP contribution in [-0.4, -0.2) is 47.9 Å². The topological polar surface area (TPSA) is 91.8 Å². The lowest BCUT2D eigenvalue weighted by molar-refractivity contribution is -0.140. The van der Waals surface area contributed by atoms with E-state index in [9.17, 15) is 23.1 Å². The molecule has 0 amide bonds. The second-order valence-electron chi connectivity index (χ2n) is 7.53. The van der Waals surface area contributed by atoms with Crippen LogP contribution in [0.4, 0.5) is 0 Å². The summed E-state index contributed by atoms with van der Waals surface area (Å²) in [6.45, 7) is 4.22. The van der Waals surface area contributed by atoms with Gasteiger partial charge in [0, 0.05) is 18.4 Å². The van der Waals surface area contributed by atoms with Crippen molar-refractivity contribution in [1.82, 2.24) is 4.31 Å². The monoisotopic (exact) mass is 329 g/mol. The van der Waals surface area contributed by atoms with Crippen molar-refractivity contribution in [3.8, 4) is 0 Å². The molecular formula is C15H23NO5S. The highest BCUT2D eigenvalue weighted by Crippen LogP contribution is 2.64. The number of carboxylic acid groups (broad SMARTS) is 1. The first-order chi connectivity index (χ1) is 10.1. The molecular weight excluding hydrogens is 306 g/mol. The highest BCUT2D eigenvalue weighted by molar-refractivity contribution is 7.89. The Hall–Kier alpha value is -0.950.